The lowest BCUT2D eigenvalue weighted by Crippen LogP contribution is -2.26. The molecule has 2 aromatic heterocycles. The Balaban J connectivity index is 2.44. The molecule has 0 bridgehead atoms. The Hall–Kier alpha value is -0.650. The summed E-state index contributed by atoms with van der Waals surface area (Å²) in [6, 6.07) is 2.46. The van der Waals surface area contributed by atoms with E-state index >= 15 is 0 Å². The predicted octanol–water partition coefficient (Wildman–Crippen LogP) is 4.38. The van der Waals surface area contributed by atoms with Gasteiger partial charge < -0.3 is 5.32 Å². The van der Waals surface area contributed by atoms with Crippen LogP contribution < -0.4 is 5.32 Å². The Morgan fingerprint density at radius 2 is 2.20 bits per heavy atom. The first kappa shape index (κ1) is 15.7. The van der Waals surface area contributed by atoms with E-state index in [0.29, 0.717) is 0 Å². The first-order chi connectivity index (χ1) is 9.72. The van der Waals surface area contributed by atoms with Crippen molar-refractivity contribution >= 4 is 27.3 Å². The van der Waals surface area contributed by atoms with Crippen molar-refractivity contribution in [3.63, 3.8) is 0 Å². The molecule has 1 N–H and O–H groups in total. The normalized spacial score (nSPS) is 12.8. The van der Waals surface area contributed by atoms with Gasteiger partial charge in [0.1, 0.15) is 0 Å². The highest BCUT2D eigenvalue weighted by Crippen LogP contribution is 2.34. The van der Waals surface area contributed by atoms with Crippen LogP contribution in [0.5, 0.6) is 0 Å². The lowest BCUT2D eigenvalue weighted by Gasteiger charge is -2.21. The van der Waals surface area contributed by atoms with Gasteiger partial charge in [0.25, 0.3) is 0 Å². The van der Waals surface area contributed by atoms with Crippen LogP contribution in [0.15, 0.2) is 22.1 Å². The third-order valence-corrected chi connectivity index (χ3v) is 5.06. The third-order valence-electron chi connectivity index (χ3n) is 3.43. The molecule has 2 aromatic rings. The molecule has 2 rings (SSSR count). The molecule has 3 nitrogen and oxygen atoms in total. The van der Waals surface area contributed by atoms with Crippen molar-refractivity contribution in [1.82, 2.24) is 15.1 Å². The highest BCUT2D eigenvalue weighted by molar-refractivity contribution is 9.10. The van der Waals surface area contributed by atoms with E-state index in [1.54, 1.807) is 0 Å². The summed E-state index contributed by atoms with van der Waals surface area (Å²) < 4.78 is 3.17. The zero-order chi connectivity index (χ0) is 14.5. The molecule has 1 atom stereocenters. The van der Waals surface area contributed by atoms with Gasteiger partial charge in [-0.1, -0.05) is 13.8 Å². The van der Waals surface area contributed by atoms with E-state index < -0.39 is 0 Å². The standard InChI is InChI=1S/C15H22BrN3S/c1-4-8-17-13(15-11(5-2)7-9-20-15)14-12(16)10-18-19(14)6-3/h7,9-10,13,17H,4-6,8H2,1-3H3. The van der Waals surface area contributed by atoms with Gasteiger partial charge in [-0.25, -0.2) is 0 Å². The van der Waals surface area contributed by atoms with Crippen molar-refractivity contribution in [2.24, 2.45) is 0 Å². The van der Waals surface area contributed by atoms with Gasteiger partial charge in [-0.3, -0.25) is 4.68 Å². The van der Waals surface area contributed by atoms with Crippen LogP contribution in [0.3, 0.4) is 0 Å². The van der Waals surface area contributed by atoms with E-state index in [-0.39, 0.29) is 6.04 Å². The highest BCUT2D eigenvalue weighted by atomic mass is 79.9. The van der Waals surface area contributed by atoms with Crippen molar-refractivity contribution in [2.75, 3.05) is 6.54 Å². The van der Waals surface area contributed by atoms with Gasteiger partial charge in [0.2, 0.25) is 0 Å². The van der Waals surface area contributed by atoms with Gasteiger partial charge in [0, 0.05) is 11.4 Å². The third kappa shape index (κ3) is 3.15. The number of nitrogens with zero attached hydrogens (tertiary/aromatic N) is 2. The van der Waals surface area contributed by atoms with Crippen LogP contribution in [-0.4, -0.2) is 16.3 Å². The van der Waals surface area contributed by atoms with Crippen molar-refractivity contribution in [1.29, 1.82) is 0 Å². The van der Waals surface area contributed by atoms with Gasteiger partial charge in [0.05, 0.1) is 22.4 Å². The van der Waals surface area contributed by atoms with Crippen LogP contribution in [0, 0.1) is 0 Å². The number of rotatable bonds is 7. The average Bonchev–Trinajstić information content (AvgIpc) is 3.07. The number of aromatic nitrogens is 2. The summed E-state index contributed by atoms with van der Waals surface area (Å²) in [5, 5.41) is 10.3. The van der Waals surface area contributed by atoms with Crippen LogP contribution in [0.25, 0.3) is 0 Å². The highest BCUT2D eigenvalue weighted by Gasteiger charge is 2.23. The summed E-state index contributed by atoms with van der Waals surface area (Å²) in [4.78, 5) is 1.41. The molecule has 0 fully saturated rings. The first-order valence-electron chi connectivity index (χ1n) is 7.23. The zero-order valence-corrected chi connectivity index (χ0v) is 14.7. The van der Waals surface area contributed by atoms with Crippen molar-refractivity contribution in [3.05, 3.63) is 38.3 Å². The van der Waals surface area contributed by atoms with Crippen molar-refractivity contribution in [3.8, 4) is 0 Å². The number of halogens is 1. The van der Waals surface area contributed by atoms with Crippen molar-refractivity contribution < 1.29 is 0 Å². The number of hydrogen-bond acceptors (Lipinski definition) is 3. The molecule has 0 spiro atoms. The second-order valence-corrected chi connectivity index (χ2v) is 6.55. The minimum Gasteiger partial charge on any atom is -0.304 e. The van der Waals surface area contributed by atoms with Gasteiger partial charge in [-0.05, 0) is 59.2 Å². The summed E-state index contributed by atoms with van der Waals surface area (Å²) >= 11 is 5.50. The van der Waals surface area contributed by atoms with E-state index in [0.717, 1.165) is 30.4 Å². The van der Waals surface area contributed by atoms with Crippen LogP contribution >= 0.6 is 27.3 Å². The smallest absolute Gasteiger partial charge is 0.0856 e. The number of nitrogens with one attached hydrogen (secondary N) is 1. The number of aryl methyl sites for hydroxylation is 2. The molecule has 2 heterocycles. The molecule has 0 saturated carbocycles. The van der Waals surface area contributed by atoms with Gasteiger partial charge in [-0.2, -0.15) is 5.10 Å². The SMILES string of the molecule is CCCNC(c1sccc1CC)c1c(Br)cnn1CC. The summed E-state index contributed by atoms with van der Waals surface area (Å²) in [6.45, 7) is 8.44. The Labute approximate surface area is 133 Å². The minimum atomic E-state index is 0.224. The summed E-state index contributed by atoms with van der Waals surface area (Å²) in [6.07, 6.45) is 4.10. The van der Waals surface area contributed by atoms with Crippen molar-refractivity contribution in [2.45, 2.75) is 46.2 Å². The van der Waals surface area contributed by atoms with Crippen LogP contribution in [0.4, 0.5) is 0 Å². The number of thiophene rings is 1. The fraction of sp³-hybridized carbons (Fsp3) is 0.533. The average molecular weight is 356 g/mol. The zero-order valence-electron chi connectivity index (χ0n) is 12.3. The van der Waals surface area contributed by atoms with E-state index in [1.807, 2.05) is 17.5 Å². The fourth-order valence-electron chi connectivity index (χ4n) is 2.41. The molecule has 20 heavy (non-hydrogen) atoms. The van der Waals surface area contributed by atoms with E-state index in [4.69, 9.17) is 0 Å². The maximum Gasteiger partial charge on any atom is 0.0856 e. The van der Waals surface area contributed by atoms with Gasteiger partial charge in [-0.15, -0.1) is 11.3 Å². The van der Waals surface area contributed by atoms with E-state index in [1.165, 1.54) is 16.1 Å². The Kier molecular flexibility index (Phi) is 5.81. The summed E-state index contributed by atoms with van der Waals surface area (Å²) in [5.41, 5.74) is 2.66. The minimum absolute atomic E-state index is 0.224. The van der Waals surface area contributed by atoms with Crippen LogP contribution in [0.1, 0.15) is 49.4 Å². The summed E-state index contributed by atoms with van der Waals surface area (Å²) in [5.74, 6) is 0. The largest absolute Gasteiger partial charge is 0.304 e. The monoisotopic (exact) mass is 355 g/mol. The molecule has 0 saturated heterocycles. The molecule has 0 aromatic carbocycles. The molecule has 0 aliphatic rings. The Morgan fingerprint density at radius 3 is 2.85 bits per heavy atom. The van der Waals surface area contributed by atoms with Gasteiger partial charge >= 0.3 is 0 Å². The lowest BCUT2D eigenvalue weighted by atomic mass is 10.1. The lowest BCUT2D eigenvalue weighted by molar-refractivity contribution is 0.531. The number of hydrogen-bond donors (Lipinski definition) is 1. The quantitative estimate of drug-likeness (QED) is 0.798. The maximum atomic E-state index is 4.46. The molecular formula is C15H22BrN3S. The molecule has 5 heteroatoms. The summed E-state index contributed by atoms with van der Waals surface area (Å²) in [7, 11) is 0. The fourth-order valence-corrected chi connectivity index (χ4v) is 4.00. The predicted molar refractivity (Wildman–Crippen MR) is 89.4 cm³/mol. The first-order valence-corrected chi connectivity index (χ1v) is 8.90. The molecule has 0 aliphatic heterocycles. The Morgan fingerprint density at radius 1 is 1.40 bits per heavy atom. The maximum absolute atomic E-state index is 4.46. The topological polar surface area (TPSA) is 29.9 Å². The Bertz CT molecular complexity index is 547. The second-order valence-electron chi connectivity index (χ2n) is 4.74. The van der Waals surface area contributed by atoms with E-state index in [2.05, 4.69) is 63.2 Å². The van der Waals surface area contributed by atoms with Crippen LogP contribution in [0.2, 0.25) is 0 Å². The van der Waals surface area contributed by atoms with Crippen LogP contribution in [-0.2, 0) is 13.0 Å². The molecular weight excluding hydrogens is 334 g/mol. The molecule has 0 radical (unpaired) electrons. The molecule has 0 amide bonds. The molecule has 0 aliphatic carbocycles. The van der Waals surface area contributed by atoms with E-state index in [9.17, 15) is 0 Å². The molecule has 110 valence electrons. The molecule has 1 unspecified atom stereocenters. The van der Waals surface area contributed by atoms with Gasteiger partial charge in [0.15, 0.2) is 0 Å². The second kappa shape index (κ2) is 7.38.